The molecule has 1 aromatic heterocycles. The monoisotopic (exact) mass is 321 g/mol. The van der Waals surface area contributed by atoms with Gasteiger partial charge in [-0.05, 0) is 40.2 Å². The van der Waals surface area contributed by atoms with Gasteiger partial charge in [0.1, 0.15) is 0 Å². The number of halogens is 1. The van der Waals surface area contributed by atoms with E-state index < -0.39 is 0 Å². The van der Waals surface area contributed by atoms with Crippen LogP contribution in [0.15, 0.2) is 41.0 Å². The van der Waals surface area contributed by atoms with Crippen molar-refractivity contribution in [2.45, 2.75) is 0 Å². The number of hydrogen-bond donors (Lipinski definition) is 2. The molecule has 98 valence electrons. The van der Waals surface area contributed by atoms with Crippen molar-refractivity contribution in [3.05, 3.63) is 46.6 Å². The second-order valence-corrected chi connectivity index (χ2v) is 4.63. The fourth-order valence-corrected chi connectivity index (χ4v) is 1.71. The number of anilines is 2. The largest absolute Gasteiger partial charge is 0.481 e. The minimum absolute atomic E-state index is 0.244. The molecule has 0 aliphatic heterocycles. The van der Waals surface area contributed by atoms with Crippen molar-refractivity contribution < 1.29 is 9.53 Å². The number of carbonyl (C=O) groups is 1. The van der Waals surface area contributed by atoms with Crippen LogP contribution in [0.1, 0.15) is 10.4 Å². The summed E-state index contributed by atoms with van der Waals surface area (Å²) in [6.45, 7) is 0. The predicted octanol–water partition coefficient (Wildman–Crippen LogP) is 2.69. The fraction of sp³-hybridized carbons (Fsp3) is 0.0769. The normalized spacial score (nSPS) is 10.0. The summed E-state index contributed by atoms with van der Waals surface area (Å²) in [5.41, 5.74) is 7.32. The van der Waals surface area contributed by atoms with Crippen LogP contribution in [0, 0.1) is 0 Å². The van der Waals surface area contributed by atoms with Crippen molar-refractivity contribution in [3.63, 3.8) is 0 Å². The number of carbonyl (C=O) groups excluding carboxylic acids is 1. The van der Waals surface area contributed by atoms with Crippen molar-refractivity contribution in [2.24, 2.45) is 0 Å². The van der Waals surface area contributed by atoms with Crippen LogP contribution in [0.25, 0.3) is 0 Å². The Kier molecular flexibility index (Phi) is 4.01. The van der Waals surface area contributed by atoms with Gasteiger partial charge in [0.25, 0.3) is 5.91 Å². The Hall–Kier alpha value is -2.08. The third-order valence-corrected chi connectivity index (χ3v) is 3.18. The third kappa shape index (κ3) is 3.23. The number of methoxy groups -OCH3 is 1. The molecule has 6 heteroatoms. The second-order valence-electron chi connectivity index (χ2n) is 3.78. The number of nitrogens with two attached hydrogens (primary N) is 1. The molecule has 2 aromatic rings. The number of nitrogens with one attached hydrogen (secondary N) is 1. The molecule has 0 bridgehead atoms. The van der Waals surface area contributed by atoms with Gasteiger partial charge in [-0.1, -0.05) is 0 Å². The quantitative estimate of drug-likeness (QED) is 0.852. The summed E-state index contributed by atoms with van der Waals surface area (Å²) in [6.07, 6.45) is 1.53. The van der Waals surface area contributed by atoms with Crippen molar-refractivity contribution in [2.75, 3.05) is 18.2 Å². The SMILES string of the molecule is COc1ccc(NC(=O)c2ccc(Br)c(N)c2)cn1. The summed E-state index contributed by atoms with van der Waals surface area (Å²) in [6, 6.07) is 8.41. The van der Waals surface area contributed by atoms with E-state index >= 15 is 0 Å². The second kappa shape index (κ2) is 5.71. The lowest BCUT2D eigenvalue weighted by Gasteiger charge is -2.07. The van der Waals surface area contributed by atoms with Crippen LogP contribution in [0.4, 0.5) is 11.4 Å². The highest BCUT2D eigenvalue weighted by Gasteiger charge is 2.08. The van der Waals surface area contributed by atoms with Crippen molar-refractivity contribution in [1.82, 2.24) is 4.98 Å². The van der Waals surface area contributed by atoms with E-state index in [1.807, 2.05) is 0 Å². The molecule has 0 spiro atoms. The molecule has 0 aliphatic rings. The van der Waals surface area contributed by atoms with E-state index in [-0.39, 0.29) is 5.91 Å². The molecule has 1 heterocycles. The zero-order valence-corrected chi connectivity index (χ0v) is 11.8. The number of pyridine rings is 1. The molecule has 0 fully saturated rings. The lowest BCUT2D eigenvalue weighted by molar-refractivity contribution is 0.102. The average Bonchev–Trinajstić information content (AvgIpc) is 2.42. The highest BCUT2D eigenvalue weighted by Crippen LogP contribution is 2.21. The van der Waals surface area contributed by atoms with Crippen molar-refractivity contribution in [1.29, 1.82) is 0 Å². The van der Waals surface area contributed by atoms with Gasteiger partial charge in [-0.2, -0.15) is 0 Å². The number of amides is 1. The van der Waals surface area contributed by atoms with Gasteiger partial charge < -0.3 is 15.8 Å². The molecule has 0 atom stereocenters. The summed E-state index contributed by atoms with van der Waals surface area (Å²) in [4.78, 5) is 16.0. The van der Waals surface area contributed by atoms with Crippen LogP contribution >= 0.6 is 15.9 Å². The lowest BCUT2D eigenvalue weighted by Crippen LogP contribution is -2.12. The molecule has 19 heavy (non-hydrogen) atoms. The maximum absolute atomic E-state index is 12.0. The van der Waals surface area contributed by atoms with Gasteiger partial charge in [0.2, 0.25) is 5.88 Å². The molecule has 2 rings (SSSR count). The summed E-state index contributed by atoms with van der Waals surface area (Å²) in [5, 5.41) is 2.73. The minimum atomic E-state index is -0.244. The van der Waals surface area contributed by atoms with Crippen LogP contribution in [0.5, 0.6) is 5.88 Å². The Morgan fingerprint density at radius 2 is 2.16 bits per heavy atom. The molecule has 5 nitrogen and oxygen atoms in total. The lowest BCUT2D eigenvalue weighted by atomic mass is 10.2. The molecule has 1 amide bonds. The van der Waals surface area contributed by atoms with Crippen LogP contribution < -0.4 is 15.8 Å². The number of benzene rings is 1. The summed E-state index contributed by atoms with van der Waals surface area (Å²) in [7, 11) is 1.53. The maximum atomic E-state index is 12.0. The maximum Gasteiger partial charge on any atom is 0.255 e. The molecular formula is C13H12BrN3O2. The molecule has 0 saturated heterocycles. The molecule has 0 saturated carbocycles. The van der Waals surface area contributed by atoms with Crippen molar-refractivity contribution >= 4 is 33.2 Å². The molecule has 0 radical (unpaired) electrons. The summed E-state index contributed by atoms with van der Waals surface area (Å²) < 4.78 is 5.70. The highest BCUT2D eigenvalue weighted by molar-refractivity contribution is 9.10. The van der Waals surface area contributed by atoms with Gasteiger partial charge in [-0.15, -0.1) is 0 Å². The molecule has 0 unspecified atom stereocenters. The number of ether oxygens (including phenoxy) is 1. The molecule has 1 aromatic carbocycles. The Morgan fingerprint density at radius 3 is 2.74 bits per heavy atom. The molecular weight excluding hydrogens is 310 g/mol. The van der Waals surface area contributed by atoms with Crippen LogP contribution in [-0.4, -0.2) is 18.0 Å². The van der Waals surface area contributed by atoms with E-state index in [1.54, 1.807) is 30.3 Å². The Labute approximate surface area is 118 Å². The number of rotatable bonds is 3. The predicted molar refractivity (Wildman–Crippen MR) is 77.3 cm³/mol. The molecule has 0 aliphatic carbocycles. The van der Waals surface area contributed by atoms with E-state index in [0.29, 0.717) is 22.8 Å². The summed E-state index contributed by atoms with van der Waals surface area (Å²) in [5.74, 6) is 0.247. The third-order valence-electron chi connectivity index (χ3n) is 2.46. The van der Waals surface area contributed by atoms with E-state index in [4.69, 9.17) is 10.5 Å². The Bertz CT molecular complexity index is 599. The van der Waals surface area contributed by atoms with Crippen LogP contribution in [0.2, 0.25) is 0 Å². The summed E-state index contributed by atoms with van der Waals surface area (Å²) >= 11 is 3.28. The number of aromatic nitrogens is 1. The standard InChI is InChI=1S/C13H12BrN3O2/c1-19-12-5-3-9(7-16-12)17-13(18)8-2-4-10(14)11(15)6-8/h2-7H,15H2,1H3,(H,17,18). The van der Waals surface area contributed by atoms with Gasteiger partial charge in [0, 0.05) is 21.8 Å². The number of nitrogens with zero attached hydrogens (tertiary/aromatic N) is 1. The number of hydrogen-bond acceptors (Lipinski definition) is 4. The zero-order valence-electron chi connectivity index (χ0n) is 10.2. The Morgan fingerprint density at radius 1 is 1.37 bits per heavy atom. The highest BCUT2D eigenvalue weighted by atomic mass is 79.9. The first-order valence-corrected chi connectivity index (χ1v) is 6.26. The first kappa shape index (κ1) is 13.4. The Balaban J connectivity index is 2.13. The van der Waals surface area contributed by atoms with Gasteiger partial charge in [-0.3, -0.25) is 4.79 Å². The fourth-order valence-electron chi connectivity index (χ4n) is 1.46. The smallest absolute Gasteiger partial charge is 0.255 e. The van der Waals surface area contributed by atoms with E-state index in [0.717, 1.165) is 4.47 Å². The van der Waals surface area contributed by atoms with Crippen LogP contribution in [-0.2, 0) is 0 Å². The average molecular weight is 322 g/mol. The van der Waals surface area contributed by atoms with Gasteiger partial charge >= 0.3 is 0 Å². The first-order chi connectivity index (χ1) is 9.10. The van der Waals surface area contributed by atoms with E-state index in [2.05, 4.69) is 26.2 Å². The molecule has 3 N–H and O–H groups in total. The topological polar surface area (TPSA) is 77.2 Å². The van der Waals surface area contributed by atoms with E-state index in [1.165, 1.54) is 13.3 Å². The van der Waals surface area contributed by atoms with E-state index in [9.17, 15) is 4.79 Å². The zero-order chi connectivity index (χ0) is 13.8. The minimum Gasteiger partial charge on any atom is -0.481 e. The van der Waals surface area contributed by atoms with Crippen molar-refractivity contribution in [3.8, 4) is 5.88 Å². The van der Waals surface area contributed by atoms with Gasteiger partial charge in [0.15, 0.2) is 0 Å². The van der Waals surface area contributed by atoms with Gasteiger partial charge in [-0.25, -0.2) is 4.98 Å². The van der Waals surface area contributed by atoms with Crippen LogP contribution in [0.3, 0.4) is 0 Å². The van der Waals surface area contributed by atoms with Gasteiger partial charge in [0.05, 0.1) is 19.0 Å². The number of nitrogen functional groups attached to an aromatic ring is 1. The first-order valence-electron chi connectivity index (χ1n) is 5.46.